The van der Waals surface area contributed by atoms with Gasteiger partial charge in [0.2, 0.25) is 5.24 Å². The number of Topliss-reactive ketones (excluding diaryl/α,β-unsaturated/α-hetero) is 1. The van der Waals surface area contributed by atoms with Gasteiger partial charge in [-0.2, -0.15) is 0 Å². The molecule has 0 heterocycles. The lowest BCUT2D eigenvalue weighted by Gasteiger charge is -1.92. The Labute approximate surface area is 82.6 Å². The van der Waals surface area contributed by atoms with Crippen LogP contribution in [0.2, 0.25) is 0 Å². The third-order valence-corrected chi connectivity index (χ3v) is 1.75. The zero-order valence-electron chi connectivity index (χ0n) is 7.63. The number of ketones is 1. The second kappa shape index (κ2) is 5.49. The topological polar surface area (TPSA) is 34.1 Å². The summed E-state index contributed by atoms with van der Waals surface area (Å²) < 4.78 is 0. The van der Waals surface area contributed by atoms with Crippen molar-refractivity contribution in [3.05, 3.63) is 36.0 Å². The van der Waals surface area contributed by atoms with Crippen LogP contribution in [0.5, 0.6) is 0 Å². The zero-order valence-corrected chi connectivity index (χ0v) is 8.39. The number of allylic oxidation sites excluding steroid dienone is 5. The lowest BCUT2D eigenvalue weighted by atomic mass is 10.1. The number of carbonyl (C=O) groups is 2. The van der Waals surface area contributed by atoms with E-state index in [0.717, 1.165) is 0 Å². The summed E-state index contributed by atoms with van der Waals surface area (Å²) in [6.07, 6.45) is 4.45. The summed E-state index contributed by atoms with van der Waals surface area (Å²) in [6, 6.07) is 0. The monoisotopic (exact) mass is 198 g/mol. The van der Waals surface area contributed by atoms with Crippen LogP contribution in [-0.2, 0) is 9.59 Å². The Balaban J connectivity index is 4.74. The van der Waals surface area contributed by atoms with E-state index in [-0.39, 0.29) is 5.78 Å². The maximum absolute atomic E-state index is 10.9. The van der Waals surface area contributed by atoms with Crippen LogP contribution in [0.15, 0.2) is 36.0 Å². The van der Waals surface area contributed by atoms with Crippen molar-refractivity contribution in [2.45, 2.75) is 13.8 Å². The van der Waals surface area contributed by atoms with Crippen molar-refractivity contribution in [1.29, 1.82) is 0 Å². The molecule has 0 radical (unpaired) electrons. The average molecular weight is 199 g/mol. The minimum absolute atomic E-state index is 0.0962. The second-order valence-electron chi connectivity index (χ2n) is 2.51. The molecule has 0 aromatic rings. The van der Waals surface area contributed by atoms with Crippen LogP contribution in [-0.4, -0.2) is 11.0 Å². The Hall–Kier alpha value is -1.15. The molecule has 0 unspecified atom stereocenters. The third kappa shape index (κ3) is 4.43. The van der Waals surface area contributed by atoms with Gasteiger partial charge in [-0.05, 0) is 25.4 Å². The molecule has 0 saturated carbocycles. The Kier molecular flexibility index (Phi) is 5.00. The molecule has 0 bridgehead atoms. The summed E-state index contributed by atoms with van der Waals surface area (Å²) >= 11 is 5.19. The summed E-state index contributed by atoms with van der Waals surface area (Å²) in [7, 11) is 0. The minimum Gasteiger partial charge on any atom is -0.295 e. The van der Waals surface area contributed by atoms with Crippen molar-refractivity contribution < 1.29 is 9.59 Å². The Morgan fingerprint density at radius 3 is 2.08 bits per heavy atom. The Morgan fingerprint density at radius 1 is 1.23 bits per heavy atom. The van der Waals surface area contributed by atoms with Gasteiger partial charge in [0.15, 0.2) is 5.78 Å². The van der Waals surface area contributed by atoms with E-state index in [1.807, 2.05) is 0 Å². The molecule has 2 nitrogen and oxygen atoms in total. The van der Waals surface area contributed by atoms with Crippen LogP contribution in [0.1, 0.15) is 13.8 Å². The normalized spacial score (nSPS) is 12.5. The number of hydrogen-bond donors (Lipinski definition) is 0. The van der Waals surface area contributed by atoms with Crippen molar-refractivity contribution in [3.63, 3.8) is 0 Å². The molecule has 0 rings (SSSR count). The van der Waals surface area contributed by atoms with E-state index in [2.05, 4.69) is 6.58 Å². The fourth-order valence-electron chi connectivity index (χ4n) is 0.609. The molecule has 0 saturated heterocycles. The molecule has 0 atom stereocenters. The van der Waals surface area contributed by atoms with Crippen molar-refractivity contribution in [1.82, 2.24) is 0 Å². The smallest absolute Gasteiger partial charge is 0.248 e. The first-order valence-corrected chi connectivity index (χ1v) is 4.08. The first-order valence-electron chi connectivity index (χ1n) is 3.70. The van der Waals surface area contributed by atoms with E-state index in [4.69, 9.17) is 11.6 Å². The average Bonchev–Trinajstić information content (AvgIpc) is 2.04. The van der Waals surface area contributed by atoms with Gasteiger partial charge in [0.25, 0.3) is 0 Å². The van der Waals surface area contributed by atoms with Gasteiger partial charge in [-0.1, -0.05) is 24.8 Å². The van der Waals surface area contributed by atoms with E-state index < -0.39 is 5.24 Å². The first kappa shape index (κ1) is 11.8. The molecule has 0 aliphatic rings. The number of rotatable bonds is 4. The van der Waals surface area contributed by atoms with Crippen molar-refractivity contribution >= 4 is 22.6 Å². The Morgan fingerprint density at radius 2 is 1.77 bits per heavy atom. The molecule has 0 spiro atoms. The maximum atomic E-state index is 10.9. The van der Waals surface area contributed by atoms with Crippen molar-refractivity contribution in [2.24, 2.45) is 0 Å². The minimum atomic E-state index is -0.525. The first-order chi connectivity index (χ1) is 5.99. The van der Waals surface area contributed by atoms with Gasteiger partial charge in [0.05, 0.1) is 0 Å². The van der Waals surface area contributed by atoms with Gasteiger partial charge < -0.3 is 0 Å². The standard InChI is InChI=1S/C10H11ClO2/c1-4-9(8(3)12)6-5-7(2)10(11)13/h4-6H,1H2,2-3H3/b7-5+,9-6+. The van der Waals surface area contributed by atoms with Crippen molar-refractivity contribution in [3.8, 4) is 0 Å². The largest absolute Gasteiger partial charge is 0.295 e. The van der Waals surface area contributed by atoms with Gasteiger partial charge in [0.1, 0.15) is 0 Å². The molecule has 0 fully saturated rings. The van der Waals surface area contributed by atoms with Gasteiger partial charge in [-0.25, -0.2) is 0 Å². The van der Waals surface area contributed by atoms with Crippen LogP contribution in [0.25, 0.3) is 0 Å². The van der Waals surface area contributed by atoms with Crippen LogP contribution in [0, 0.1) is 0 Å². The molecule has 0 aromatic carbocycles. The van der Waals surface area contributed by atoms with Gasteiger partial charge in [-0.15, -0.1) is 0 Å². The summed E-state index contributed by atoms with van der Waals surface area (Å²) in [5.41, 5.74) is 0.847. The predicted molar refractivity (Wildman–Crippen MR) is 53.6 cm³/mol. The predicted octanol–water partition coefficient (Wildman–Crippen LogP) is 2.40. The SMILES string of the molecule is C=C/C(=C\C=C(/C)C(=O)Cl)C(C)=O. The van der Waals surface area contributed by atoms with Crippen LogP contribution < -0.4 is 0 Å². The molecular weight excluding hydrogens is 188 g/mol. The lowest BCUT2D eigenvalue weighted by Crippen LogP contribution is -1.92. The van der Waals surface area contributed by atoms with E-state index in [1.54, 1.807) is 6.92 Å². The van der Waals surface area contributed by atoms with Crippen LogP contribution >= 0.6 is 11.6 Å². The molecule has 0 aromatic heterocycles. The number of halogens is 1. The van der Waals surface area contributed by atoms with Crippen molar-refractivity contribution in [2.75, 3.05) is 0 Å². The maximum Gasteiger partial charge on any atom is 0.248 e. The quantitative estimate of drug-likeness (QED) is 0.395. The highest BCUT2D eigenvalue weighted by atomic mass is 35.5. The molecule has 3 heteroatoms. The fraction of sp³-hybridized carbons (Fsp3) is 0.200. The van der Waals surface area contributed by atoms with E-state index in [1.165, 1.54) is 25.2 Å². The Bertz CT molecular complexity index is 298. The summed E-state index contributed by atoms with van der Waals surface area (Å²) in [6.45, 7) is 6.47. The second-order valence-corrected chi connectivity index (χ2v) is 2.85. The molecule has 0 aliphatic heterocycles. The highest BCUT2D eigenvalue weighted by Gasteiger charge is 1.98. The van der Waals surface area contributed by atoms with Crippen LogP contribution in [0.4, 0.5) is 0 Å². The highest BCUT2D eigenvalue weighted by molar-refractivity contribution is 6.67. The van der Waals surface area contributed by atoms with E-state index in [9.17, 15) is 9.59 Å². The molecule has 0 amide bonds. The molecular formula is C10H11ClO2. The highest BCUT2D eigenvalue weighted by Crippen LogP contribution is 2.03. The number of hydrogen-bond acceptors (Lipinski definition) is 2. The molecule has 70 valence electrons. The summed E-state index contributed by atoms with van der Waals surface area (Å²) in [5, 5.41) is -0.525. The van der Waals surface area contributed by atoms with E-state index >= 15 is 0 Å². The molecule has 13 heavy (non-hydrogen) atoms. The summed E-state index contributed by atoms with van der Waals surface area (Å²) in [5.74, 6) is -0.0962. The van der Waals surface area contributed by atoms with Gasteiger partial charge in [0, 0.05) is 11.1 Å². The van der Waals surface area contributed by atoms with Crippen LogP contribution in [0.3, 0.4) is 0 Å². The van der Waals surface area contributed by atoms with Gasteiger partial charge in [-0.3, -0.25) is 9.59 Å². The fourth-order valence-corrected chi connectivity index (χ4v) is 0.672. The number of carbonyl (C=O) groups excluding carboxylic acids is 2. The zero-order chi connectivity index (χ0) is 10.4. The van der Waals surface area contributed by atoms with E-state index in [0.29, 0.717) is 11.1 Å². The molecule has 0 aliphatic carbocycles. The molecule has 0 N–H and O–H groups in total. The summed E-state index contributed by atoms with van der Waals surface area (Å²) in [4.78, 5) is 21.4. The third-order valence-electron chi connectivity index (χ3n) is 1.45. The van der Waals surface area contributed by atoms with Gasteiger partial charge >= 0.3 is 0 Å². The lowest BCUT2D eigenvalue weighted by molar-refractivity contribution is -0.113.